The van der Waals surface area contributed by atoms with Crippen molar-refractivity contribution in [3.8, 4) is 0 Å². The fourth-order valence-corrected chi connectivity index (χ4v) is 2.57. The molecule has 1 heterocycles. The summed E-state index contributed by atoms with van der Waals surface area (Å²) in [5.41, 5.74) is 1.37. The van der Waals surface area contributed by atoms with Gasteiger partial charge in [-0.15, -0.1) is 0 Å². The van der Waals surface area contributed by atoms with Crippen LogP contribution in [0.3, 0.4) is 0 Å². The number of hydrogen-bond donors (Lipinski definition) is 1. The standard InChI is InChI=1S/C13H18ClN/c1-10(12-5-3-7-15-9-12)11-4-2-6-13(14)8-11/h2,4,6,8,10,12,15H,3,5,7,9H2,1H3. The maximum Gasteiger partial charge on any atom is 0.0408 e. The predicted octanol–water partition coefficient (Wildman–Crippen LogP) is 3.44. The van der Waals surface area contributed by atoms with Crippen LogP contribution in [0.2, 0.25) is 5.02 Å². The fraction of sp³-hybridized carbons (Fsp3) is 0.538. The monoisotopic (exact) mass is 223 g/mol. The van der Waals surface area contributed by atoms with Crippen LogP contribution in [0.4, 0.5) is 0 Å². The van der Waals surface area contributed by atoms with E-state index in [1.807, 2.05) is 12.1 Å². The second-order valence-corrected chi connectivity index (χ2v) is 4.89. The van der Waals surface area contributed by atoms with E-state index in [1.54, 1.807) is 0 Å². The molecule has 2 unspecified atom stereocenters. The lowest BCUT2D eigenvalue weighted by molar-refractivity contribution is 0.334. The van der Waals surface area contributed by atoms with Gasteiger partial charge in [-0.05, 0) is 55.5 Å². The van der Waals surface area contributed by atoms with Crippen molar-refractivity contribution in [2.45, 2.75) is 25.7 Å². The largest absolute Gasteiger partial charge is 0.316 e. The van der Waals surface area contributed by atoms with E-state index in [1.165, 1.54) is 24.9 Å². The minimum atomic E-state index is 0.608. The SMILES string of the molecule is CC(c1cccc(Cl)c1)C1CCCNC1. The van der Waals surface area contributed by atoms with E-state index < -0.39 is 0 Å². The molecule has 1 nitrogen and oxygen atoms in total. The highest BCUT2D eigenvalue weighted by Crippen LogP contribution is 2.30. The van der Waals surface area contributed by atoms with Gasteiger partial charge >= 0.3 is 0 Å². The number of halogens is 1. The lowest BCUT2D eigenvalue weighted by Gasteiger charge is -2.28. The van der Waals surface area contributed by atoms with Gasteiger partial charge in [0.2, 0.25) is 0 Å². The van der Waals surface area contributed by atoms with Crippen LogP contribution in [-0.2, 0) is 0 Å². The summed E-state index contributed by atoms with van der Waals surface area (Å²) in [4.78, 5) is 0. The van der Waals surface area contributed by atoms with Crippen LogP contribution in [0.5, 0.6) is 0 Å². The number of hydrogen-bond acceptors (Lipinski definition) is 1. The number of benzene rings is 1. The summed E-state index contributed by atoms with van der Waals surface area (Å²) in [6.07, 6.45) is 2.64. The van der Waals surface area contributed by atoms with Gasteiger partial charge in [-0.25, -0.2) is 0 Å². The summed E-state index contributed by atoms with van der Waals surface area (Å²) in [6, 6.07) is 8.27. The molecule has 2 atom stereocenters. The van der Waals surface area contributed by atoms with E-state index in [-0.39, 0.29) is 0 Å². The lowest BCUT2D eigenvalue weighted by Crippen LogP contribution is -2.32. The molecule has 0 amide bonds. The van der Waals surface area contributed by atoms with Crippen LogP contribution in [0, 0.1) is 5.92 Å². The molecule has 15 heavy (non-hydrogen) atoms. The smallest absolute Gasteiger partial charge is 0.0408 e. The Labute approximate surface area is 96.8 Å². The van der Waals surface area contributed by atoms with E-state index >= 15 is 0 Å². The summed E-state index contributed by atoms with van der Waals surface area (Å²) in [7, 11) is 0. The number of rotatable bonds is 2. The Bertz CT molecular complexity index is 318. The third kappa shape index (κ3) is 2.73. The number of piperidine rings is 1. The molecule has 0 spiro atoms. The van der Waals surface area contributed by atoms with E-state index in [2.05, 4.69) is 24.4 Å². The van der Waals surface area contributed by atoms with Crippen molar-refractivity contribution in [3.63, 3.8) is 0 Å². The summed E-state index contributed by atoms with van der Waals surface area (Å²) in [6.45, 7) is 4.63. The van der Waals surface area contributed by atoms with Gasteiger partial charge in [0.1, 0.15) is 0 Å². The van der Waals surface area contributed by atoms with Gasteiger partial charge in [0, 0.05) is 5.02 Å². The Morgan fingerprint density at radius 3 is 3.00 bits per heavy atom. The Balaban J connectivity index is 2.08. The van der Waals surface area contributed by atoms with Gasteiger partial charge in [0.15, 0.2) is 0 Å². The second-order valence-electron chi connectivity index (χ2n) is 4.45. The first-order valence-corrected chi connectivity index (χ1v) is 6.11. The van der Waals surface area contributed by atoms with Crippen molar-refractivity contribution in [3.05, 3.63) is 34.9 Å². The van der Waals surface area contributed by atoms with E-state index in [9.17, 15) is 0 Å². The van der Waals surface area contributed by atoms with Gasteiger partial charge in [-0.3, -0.25) is 0 Å². The normalized spacial score (nSPS) is 23.7. The molecule has 1 fully saturated rings. The third-order valence-corrected chi connectivity index (χ3v) is 3.65. The zero-order valence-electron chi connectivity index (χ0n) is 9.17. The van der Waals surface area contributed by atoms with Crippen LogP contribution >= 0.6 is 11.6 Å². The van der Waals surface area contributed by atoms with Gasteiger partial charge in [-0.2, -0.15) is 0 Å². The molecule has 0 radical (unpaired) electrons. The fourth-order valence-electron chi connectivity index (χ4n) is 2.37. The zero-order chi connectivity index (χ0) is 10.7. The molecule has 1 saturated heterocycles. The molecule has 0 aliphatic carbocycles. The highest BCUT2D eigenvalue weighted by atomic mass is 35.5. The molecule has 0 bridgehead atoms. The van der Waals surface area contributed by atoms with Crippen molar-refractivity contribution in [1.82, 2.24) is 5.32 Å². The Morgan fingerprint density at radius 2 is 2.33 bits per heavy atom. The minimum absolute atomic E-state index is 0.608. The van der Waals surface area contributed by atoms with Crippen molar-refractivity contribution in [2.24, 2.45) is 5.92 Å². The molecular formula is C13H18ClN. The highest BCUT2D eigenvalue weighted by molar-refractivity contribution is 6.30. The quantitative estimate of drug-likeness (QED) is 0.810. The minimum Gasteiger partial charge on any atom is -0.316 e. The molecule has 1 N–H and O–H groups in total. The third-order valence-electron chi connectivity index (χ3n) is 3.42. The van der Waals surface area contributed by atoms with Gasteiger partial charge in [0.25, 0.3) is 0 Å². The molecule has 1 aromatic carbocycles. The maximum absolute atomic E-state index is 6.01. The molecule has 1 aliphatic heterocycles. The maximum atomic E-state index is 6.01. The average Bonchev–Trinajstić information content (AvgIpc) is 2.29. The summed E-state index contributed by atoms with van der Waals surface area (Å²) < 4.78 is 0. The first-order chi connectivity index (χ1) is 7.27. The van der Waals surface area contributed by atoms with Crippen molar-refractivity contribution in [1.29, 1.82) is 0 Å². The Morgan fingerprint density at radius 1 is 1.47 bits per heavy atom. The molecule has 1 aliphatic rings. The lowest BCUT2D eigenvalue weighted by atomic mass is 9.83. The summed E-state index contributed by atoms with van der Waals surface area (Å²) in [5, 5.41) is 4.32. The van der Waals surface area contributed by atoms with E-state index in [0.717, 1.165) is 17.5 Å². The first kappa shape index (κ1) is 11.0. The van der Waals surface area contributed by atoms with Gasteiger partial charge < -0.3 is 5.32 Å². The Kier molecular flexibility index (Phi) is 3.66. The first-order valence-electron chi connectivity index (χ1n) is 5.73. The van der Waals surface area contributed by atoms with Crippen LogP contribution in [0.25, 0.3) is 0 Å². The molecule has 1 aromatic rings. The topological polar surface area (TPSA) is 12.0 Å². The van der Waals surface area contributed by atoms with E-state index in [0.29, 0.717) is 5.92 Å². The predicted molar refractivity (Wildman–Crippen MR) is 65.5 cm³/mol. The van der Waals surface area contributed by atoms with Crippen LogP contribution in [0.1, 0.15) is 31.2 Å². The summed E-state index contributed by atoms with van der Waals surface area (Å²) in [5.74, 6) is 1.37. The summed E-state index contributed by atoms with van der Waals surface area (Å²) >= 11 is 6.01. The van der Waals surface area contributed by atoms with Crippen LogP contribution in [-0.4, -0.2) is 13.1 Å². The Hall–Kier alpha value is -0.530. The molecular weight excluding hydrogens is 206 g/mol. The number of nitrogens with one attached hydrogen (secondary N) is 1. The van der Waals surface area contributed by atoms with Gasteiger partial charge in [-0.1, -0.05) is 30.7 Å². The molecule has 0 aromatic heterocycles. The van der Waals surface area contributed by atoms with Crippen molar-refractivity contribution in [2.75, 3.05) is 13.1 Å². The highest BCUT2D eigenvalue weighted by Gasteiger charge is 2.20. The van der Waals surface area contributed by atoms with Crippen molar-refractivity contribution < 1.29 is 0 Å². The molecule has 0 saturated carbocycles. The average molecular weight is 224 g/mol. The zero-order valence-corrected chi connectivity index (χ0v) is 9.93. The van der Waals surface area contributed by atoms with Crippen LogP contribution < -0.4 is 5.32 Å². The second kappa shape index (κ2) is 5.00. The van der Waals surface area contributed by atoms with E-state index in [4.69, 9.17) is 11.6 Å². The molecule has 2 rings (SSSR count). The van der Waals surface area contributed by atoms with Gasteiger partial charge in [0.05, 0.1) is 0 Å². The molecule has 2 heteroatoms. The van der Waals surface area contributed by atoms with Crippen LogP contribution in [0.15, 0.2) is 24.3 Å². The van der Waals surface area contributed by atoms with Crippen molar-refractivity contribution >= 4 is 11.6 Å². The molecule has 82 valence electrons.